The lowest BCUT2D eigenvalue weighted by atomic mass is 10.1. The van der Waals surface area contributed by atoms with E-state index in [0.717, 1.165) is 25.7 Å². The second kappa shape index (κ2) is 8.68. The minimum atomic E-state index is -2.72. The molecule has 32 heavy (non-hydrogen) atoms. The number of hydrogen-bond acceptors (Lipinski definition) is 6. The summed E-state index contributed by atoms with van der Waals surface area (Å²) in [6.07, 6.45) is 3.29. The normalized spacial score (nSPS) is 17.0. The van der Waals surface area contributed by atoms with Gasteiger partial charge in [-0.1, -0.05) is 6.07 Å². The third-order valence-electron chi connectivity index (χ3n) is 5.80. The van der Waals surface area contributed by atoms with E-state index in [1.165, 1.54) is 11.0 Å². The standard InChI is InChI=1S/C23H27N2O6P/c1-15(31-32(29,19-8-9-19)20-10-11-20)16-7-12-21(25(27)28)22(14-16)30-18-6-4-5-17(13-18)23(26)24(2)3/h4-7,12-15,19-20H,8-11H2,1-3H3/t15-/m1/s1. The number of amides is 1. The maximum absolute atomic E-state index is 13.4. The molecular weight excluding hydrogens is 431 g/mol. The topological polar surface area (TPSA) is 99.0 Å². The number of rotatable bonds is 9. The Morgan fingerprint density at radius 1 is 1.12 bits per heavy atom. The van der Waals surface area contributed by atoms with Crippen molar-refractivity contribution in [1.82, 2.24) is 4.90 Å². The first-order valence-electron chi connectivity index (χ1n) is 10.7. The van der Waals surface area contributed by atoms with Crippen LogP contribution in [-0.2, 0) is 9.09 Å². The molecule has 0 spiro atoms. The number of nitro groups is 1. The number of benzene rings is 2. The van der Waals surface area contributed by atoms with Gasteiger partial charge in [-0.2, -0.15) is 0 Å². The van der Waals surface area contributed by atoms with Gasteiger partial charge in [-0.15, -0.1) is 0 Å². The van der Waals surface area contributed by atoms with Crippen LogP contribution in [0.5, 0.6) is 11.5 Å². The average Bonchev–Trinajstić information content (AvgIpc) is 3.65. The van der Waals surface area contributed by atoms with Gasteiger partial charge in [0.05, 0.1) is 11.0 Å². The molecule has 0 unspecified atom stereocenters. The van der Waals surface area contributed by atoms with E-state index in [1.807, 2.05) is 6.92 Å². The van der Waals surface area contributed by atoms with Crippen LogP contribution in [0.25, 0.3) is 0 Å². The van der Waals surface area contributed by atoms with Crippen LogP contribution in [-0.4, -0.2) is 41.1 Å². The first-order valence-corrected chi connectivity index (χ1v) is 12.5. The number of hydrogen-bond donors (Lipinski definition) is 0. The van der Waals surface area contributed by atoms with Gasteiger partial charge in [0.2, 0.25) is 13.1 Å². The van der Waals surface area contributed by atoms with E-state index >= 15 is 0 Å². The summed E-state index contributed by atoms with van der Waals surface area (Å²) >= 11 is 0. The molecule has 2 aromatic rings. The van der Waals surface area contributed by atoms with Gasteiger partial charge in [0.15, 0.2) is 0 Å². The highest BCUT2D eigenvalue weighted by atomic mass is 31.2. The third kappa shape index (κ3) is 4.71. The summed E-state index contributed by atoms with van der Waals surface area (Å²) in [7, 11) is 0.574. The van der Waals surface area contributed by atoms with Gasteiger partial charge in [-0.05, 0) is 68.5 Å². The number of nitrogens with zero attached hydrogens (tertiary/aromatic N) is 2. The number of nitro benzene ring substituents is 1. The van der Waals surface area contributed by atoms with Gasteiger partial charge in [-0.3, -0.25) is 19.5 Å². The van der Waals surface area contributed by atoms with Crippen LogP contribution in [0.15, 0.2) is 42.5 Å². The fourth-order valence-corrected chi connectivity index (χ4v) is 7.04. The van der Waals surface area contributed by atoms with Crippen LogP contribution in [0.1, 0.15) is 54.6 Å². The molecule has 2 fully saturated rings. The first kappa shape index (κ1) is 22.5. The van der Waals surface area contributed by atoms with Gasteiger partial charge in [0, 0.05) is 37.0 Å². The van der Waals surface area contributed by atoms with Crippen molar-refractivity contribution >= 4 is 19.0 Å². The minimum Gasteiger partial charge on any atom is -0.450 e. The second-order valence-corrected chi connectivity index (χ2v) is 11.6. The van der Waals surface area contributed by atoms with Gasteiger partial charge >= 0.3 is 5.69 Å². The second-order valence-electron chi connectivity index (χ2n) is 8.67. The molecule has 0 radical (unpaired) electrons. The summed E-state index contributed by atoms with van der Waals surface area (Å²) in [6, 6.07) is 11.1. The Morgan fingerprint density at radius 3 is 2.34 bits per heavy atom. The SMILES string of the molecule is C[C@@H](OP(=O)(C1CC1)C1CC1)c1ccc([N+](=O)[O-])c(Oc2cccc(C(=O)N(C)C)c2)c1. The maximum Gasteiger partial charge on any atom is 0.311 e. The molecule has 0 heterocycles. The summed E-state index contributed by atoms with van der Waals surface area (Å²) < 4.78 is 25.4. The zero-order chi connectivity index (χ0) is 23.0. The third-order valence-corrected chi connectivity index (χ3v) is 9.51. The maximum atomic E-state index is 13.4. The summed E-state index contributed by atoms with van der Waals surface area (Å²) in [6.45, 7) is 1.82. The Kier molecular flexibility index (Phi) is 6.10. The summed E-state index contributed by atoms with van der Waals surface area (Å²) in [5.41, 5.74) is 1.19. The largest absolute Gasteiger partial charge is 0.450 e. The summed E-state index contributed by atoms with van der Waals surface area (Å²) in [4.78, 5) is 24.7. The lowest BCUT2D eigenvalue weighted by Gasteiger charge is -2.23. The van der Waals surface area contributed by atoms with Crippen molar-refractivity contribution in [2.45, 2.75) is 50.0 Å². The molecule has 1 amide bonds. The molecule has 4 rings (SSSR count). The van der Waals surface area contributed by atoms with E-state index in [4.69, 9.17) is 9.26 Å². The molecule has 0 N–H and O–H groups in total. The predicted octanol–water partition coefficient (Wildman–Crippen LogP) is 5.77. The zero-order valence-electron chi connectivity index (χ0n) is 18.4. The smallest absolute Gasteiger partial charge is 0.311 e. The molecule has 0 bridgehead atoms. The predicted molar refractivity (Wildman–Crippen MR) is 121 cm³/mol. The Hall–Kier alpha value is -2.70. The molecule has 8 nitrogen and oxygen atoms in total. The van der Waals surface area contributed by atoms with E-state index in [0.29, 0.717) is 16.9 Å². The molecule has 2 aliphatic carbocycles. The molecule has 1 atom stereocenters. The fourth-order valence-electron chi connectivity index (χ4n) is 3.74. The van der Waals surface area contributed by atoms with E-state index in [2.05, 4.69) is 0 Å². The van der Waals surface area contributed by atoms with Crippen LogP contribution in [0.3, 0.4) is 0 Å². The Bertz CT molecular complexity index is 1080. The molecule has 2 aromatic carbocycles. The van der Waals surface area contributed by atoms with Gasteiger partial charge in [0.25, 0.3) is 5.91 Å². The summed E-state index contributed by atoms with van der Waals surface area (Å²) in [5, 5.41) is 11.6. The van der Waals surface area contributed by atoms with Gasteiger partial charge < -0.3 is 14.2 Å². The molecule has 9 heteroatoms. The van der Waals surface area contributed by atoms with Crippen LogP contribution in [0, 0.1) is 10.1 Å². The van der Waals surface area contributed by atoms with E-state index in [9.17, 15) is 19.5 Å². The monoisotopic (exact) mass is 458 g/mol. The Balaban J connectivity index is 1.60. The first-order chi connectivity index (χ1) is 15.2. The van der Waals surface area contributed by atoms with E-state index < -0.39 is 18.4 Å². The average molecular weight is 458 g/mol. The van der Waals surface area contributed by atoms with Crippen molar-refractivity contribution in [3.8, 4) is 11.5 Å². The molecule has 2 saturated carbocycles. The van der Waals surface area contributed by atoms with E-state index in [1.54, 1.807) is 50.5 Å². The molecule has 2 aliphatic rings. The summed E-state index contributed by atoms with van der Waals surface area (Å²) in [5.74, 6) is 0.162. The van der Waals surface area contributed by atoms with Crippen LogP contribution in [0.4, 0.5) is 5.69 Å². The number of ether oxygens (including phenoxy) is 1. The van der Waals surface area contributed by atoms with Crippen molar-refractivity contribution in [3.05, 3.63) is 63.7 Å². The number of carbonyl (C=O) groups is 1. The Labute approximate surface area is 187 Å². The Morgan fingerprint density at radius 2 is 1.78 bits per heavy atom. The van der Waals surface area contributed by atoms with Crippen molar-refractivity contribution in [2.24, 2.45) is 0 Å². The van der Waals surface area contributed by atoms with Crippen LogP contribution < -0.4 is 4.74 Å². The van der Waals surface area contributed by atoms with Crippen molar-refractivity contribution in [1.29, 1.82) is 0 Å². The van der Waals surface area contributed by atoms with Gasteiger partial charge in [-0.25, -0.2) is 0 Å². The van der Waals surface area contributed by atoms with Crippen molar-refractivity contribution < 1.29 is 23.5 Å². The molecular formula is C23H27N2O6P. The van der Waals surface area contributed by atoms with Crippen LogP contribution in [0.2, 0.25) is 0 Å². The van der Waals surface area contributed by atoms with Gasteiger partial charge in [0.1, 0.15) is 5.75 Å². The highest BCUT2D eigenvalue weighted by Crippen LogP contribution is 2.72. The molecule has 170 valence electrons. The highest BCUT2D eigenvalue weighted by Gasteiger charge is 2.52. The van der Waals surface area contributed by atoms with Crippen molar-refractivity contribution in [3.63, 3.8) is 0 Å². The lowest BCUT2D eigenvalue weighted by molar-refractivity contribution is -0.385. The van der Waals surface area contributed by atoms with Crippen LogP contribution >= 0.6 is 7.37 Å². The zero-order valence-corrected chi connectivity index (χ0v) is 19.3. The molecule has 0 aliphatic heterocycles. The molecule has 0 saturated heterocycles. The minimum absolute atomic E-state index is 0.0464. The number of carbonyl (C=O) groups excluding carboxylic acids is 1. The molecule has 0 aromatic heterocycles. The quantitative estimate of drug-likeness (QED) is 0.269. The highest BCUT2D eigenvalue weighted by molar-refractivity contribution is 7.61. The fraction of sp³-hybridized carbons (Fsp3) is 0.435. The van der Waals surface area contributed by atoms with E-state index in [-0.39, 0.29) is 28.7 Å². The van der Waals surface area contributed by atoms with Crippen molar-refractivity contribution in [2.75, 3.05) is 14.1 Å². The lowest BCUT2D eigenvalue weighted by Crippen LogP contribution is -2.21.